The molecule has 0 heterocycles. The first-order valence-electron chi connectivity index (χ1n) is 9.48. The molecular formula is C24H26N2O2. The number of rotatable bonds is 9. The van der Waals surface area contributed by atoms with Gasteiger partial charge >= 0.3 is 0 Å². The van der Waals surface area contributed by atoms with Gasteiger partial charge in [-0.05, 0) is 23.3 Å². The number of amides is 1. The molecule has 1 N–H and O–H groups in total. The zero-order chi connectivity index (χ0) is 19.6. The third kappa shape index (κ3) is 5.69. The van der Waals surface area contributed by atoms with Crippen LogP contribution in [0.2, 0.25) is 0 Å². The molecule has 0 aromatic heterocycles. The van der Waals surface area contributed by atoms with Gasteiger partial charge in [0.05, 0.1) is 0 Å². The van der Waals surface area contributed by atoms with E-state index in [0.717, 1.165) is 23.4 Å². The molecular weight excluding hydrogens is 348 g/mol. The molecule has 1 amide bonds. The Balaban J connectivity index is 1.51. The molecule has 4 heteroatoms. The van der Waals surface area contributed by atoms with Crippen molar-refractivity contribution in [1.82, 2.24) is 5.32 Å². The largest absolute Gasteiger partial charge is 0.373 e. The second-order valence-corrected chi connectivity index (χ2v) is 6.62. The first kappa shape index (κ1) is 19.6. The summed E-state index contributed by atoms with van der Waals surface area (Å²) >= 11 is 0. The Morgan fingerprint density at radius 3 is 1.89 bits per heavy atom. The van der Waals surface area contributed by atoms with Gasteiger partial charge in [0.15, 0.2) is 0 Å². The van der Waals surface area contributed by atoms with E-state index in [2.05, 4.69) is 22.3 Å². The van der Waals surface area contributed by atoms with E-state index in [-0.39, 0.29) is 18.6 Å². The van der Waals surface area contributed by atoms with Crippen LogP contribution in [0.4, 0.5) is 5.69 Å². The number of nitrogens with zero attached hydrogens (tertiary/aromatic N) is 1. The Morgan fingerprint density at radius 2 is 1.36 bits per heavy atom. The van der Waals surface area contributed by atoms with Gasteiger partial charge in [-0.1, -0.05) is 78.9 Å². The van der Waals surface area contributed by atoms with Gasteiger partial charge in [0.2, 0.25) is 5.91 Å². The Morgan fingerprint density at radius 1 is 0.857 bits per heavy atom. The van der Waals surface area contributed by atoms with Gasteiger partial charge in [-0.25, -0.2) is 0 Å². The van der Waals surface area contributed by atoms with Crippen LogP contribution in [0.15, 0.2) is 91.0 Å². The molecule has 0 saturated carbocycles. The van der Waals surface area contributed by atoms with Crippen LogP contribution in [0, 0.1) is 0 Å². The van der Waals surface area contributed by atoms with Crippen molar-refractivity contribution >= 4 is 11.6 Å². The summed E-state index contributed by atoms with van der Waals surface area (Å²) in [5, 5.41) is 2.94. The molecule has 3 rings (SSSR count). The quantitative estimate of drug-likeness (QED) is 0.614. The van der Waals surface area contributed by atoms with Crippen LogP contribution in [-0.2, 0) is 9.53 Å². The summed E-state index contributed by atoms with van der Waals surface area (Å²) in [4.78, 5) is 14.4. The van der Waals surface area contributed by atoms with Crippen LogP contribution in [-0.4, -0.2) is 32.7 Å². The van der Waals surface area contributed by atoms with Gasteiger partial charge in [-0.2, -0.15) is 0 Å². The third-order valence-corrected chi connectivity index (χ3v) is 4.55. The maximum atomic E-state index is 12.3. The molecule has 0 aliphatic carbocycles. The number of para-hydroxylation sites is 1. The topological polar surface area (TPSA) is 41.6 Å². The lowest BCUT2D eigenvalue weighted by Crippen LogP contribution is -2.35. The minimum Gasteiger partial charge on any atom is -0.373 e. The number of carbonyl (C=O) groups is 1. The minimum atomic E-state index is -0.264. The number of benzene rings is 3. The zero-order valence-corrected chi connectivity index (χ0v) is 16.1. The second kappa shape index (κ2) is 10.3. The van der Waals surface area contributed by atoms with Crippen molar-refractivity contribution in [3.05, 3.63) is 102 Å². The van der Waals surface area contributed by atoms with Crippen LogP contribution >= 0.6 is 0 Å². The van der Waals surface area contributed by atoms with E-state index in [1.807, 2.05) is 85.9 Å². The number of anilines is 1. The molecule has 0 unspecified atom stereocenters. The second-order valence-electron chi connectivity index (χ2n) is 6.62. The number of carbonyl (C=O) groups excluding carboxylic acids is 1. The first-order chi connectivity index (χ1) is 13.7. The normalized spacial score (nSPS) is 10.6. The monoisotopic (exact) mass is 374 g/mol. The summed E-state index contributed by atoms with van der Waals surface area (Å²) in [6.07, 6.45) is -0.264. The van der Waals surface area contributed by atoms with Crippen molar-refractivity contribution in [2.24, 2.45) is 0 Å². The van der Waals surface area contributed by atoms with Crippen LogP contribution in [0.25, 0.3) is 0 Å². The molecule has 28 heavy (non-hydrogen) atoms. The third-order valence-electron chi connectivity index (χ3n) is 4.55. The lowest BCUT2D eigenvalue weighted by molar-refractivity contribution is -0.127. The summed E-state index contributed by atoms with van der Waals surface area (Å²) in [6, 6.07) is 30.0. The average molecular weight is 374 g/mol. The average Bonchev–Trinajstić information content (AvgIpc) is 2.76. The molecule has 0 bridgehead atoms. The molecule has 0 spiro atoms. The molecule has 0 aliphatic heterocycles. The molecule has 0 aliphatic rings. The van der Waals surface area contributed by atoms with Crippen LogP contribution in [0.5, 0.6) is 0 Å². The van der Waals surface area contributed by atoms with E-state index < -0.39 is 0 Å². The van der Waals surface area contributed by atoms with E-state index in [1.165, 1.54) is 0 Å². The molecule has 3 aromatic carbocycles. The summed E-state index contributed by atoms with van der Waals surface area (Å²) in [7, 11) is 2.01. The SMILES string of the molecule is CN(CCNC(=O)COC(c1ccccc1)c1ccccc1)c1ccccc1. The minimum absolute atomic E-state index is 0.0174. The standard InChI is InChI=1S/C24H26N2O2/c1-26(22-15-9-4-10-16-22)18-17-25-23(27)19-28-24(20-11-5-2-6-12-20)21-13-7-3-8-14-21/h2-16,24H,17-19H2,1H3,(H,25,27). The highest BCUT2D eigenvalue weighted by Crippen LogP contribution is 2.25. The van der Waals surface area contributed by atoms with E-state index in [0.29, 0.717) is 6.54 Å². The van der Waals surface area contributed by atoms with Crippen molar-refractivity contribution in [1.29, 1.82) is 0 Å². The molecule has 0 atom stereocenters. The molecule has 3 aromatic rings. The Labute approximate surface area is 166 Å². The van der Waals surface area contributed by atoms with Gasteiger partial charge in [-0.3, -0.25) is 4.79 Å². The van der Waals surface area contributed by atoms with E-state index in [9.17, 15) is 4.79 Å². The van der Waals surface area contributed by atoms with Crippen molar-refractivity contribution in [2.75, 3.05) is 31.6 Å². The number of likely N-dealkylation sites (N-methyl/N-ethyl adjacent to an activating group) is 1. The number of hydrogen-bond donors (Lipinski definition) is 1. The summed E-state index contributed by atoms with van der Waals surface area (Å²) in [5.74, 6) is -0.113. The lowest BCUT2D eigenvalue weighted by Gasteiger charge is -2.20. The smallest absolute Gasteiger partial charge is 0.246 e. The maximum absolute atomic E-state index is 12.3. The van der Waals surface area contributed by atoms with Gasteiger partial charge in [-0.15, -0.1) is 0 Å². The zero-order valence-electron chi connectivity index (χ0n) is 16.1. The van der Waals surface area contributed by atoms with E-state index in [4.69, 9.17) is 4.74 Å². The number of hydrogen-bond acceptors (Lipinski definition) is 3. The Hall–Kier alpha value is -3.11. The fraction of sp³-hybridized carbons (Fsp3) is 0.208. The summed E-state index contributed by atoms with van der Waals surface area (Å²) in [6.45, 7) is 1.31. The first-order valence-corrected chi connectivity index (χ1v) is 9.48. The van der Waals surface area contributed by atoms with Gasteiger partial charge in [0, 0.05) is 25.8 Å². The predicted molar refractivity (Wildman–Crippen MR) is 113 cm³/mol. The maximum Gasteiger partial charge on any atom is 0.246 e. The van der Waals surface area contributed by atoms with Crippen molar-refractivity contribution in [2.45, 2.75) is 6.10 Å². The fourth-order valence-electron chi connectivity index (χ4n) is 3.03. The van der Waals surface area contributed by atoms with Crippen LogP contribution in [0.3, 0.4) is 0 Å². The highest BCUT2D eigenvalue weighted by atomic mass is 16.5. The van der Waals surface area contributed by atoms with Crippen molar-refractivity contribution < 1.29 is 9.53 Å². The molecule has 0 radical (unpaired) electrons. The molecule has 0 fully saturated rings. The fourth-order valence-corrected chi connectivity index (χ4v) is 3.03. The number of nitrogens with one attached hydrogen (secondary N) is 1. The van der Waals surface area contributed by atoms with E-state index in [1.54, 1.807) is 0 Å². The van der Waals surface area contributed by atoms with Crippen molar-refractivity contribution in [3.8, 4) is 0 Å². The highest BCUT2D eigenvalue weighted by Gasteiger charge is 2.16. The Kier molecular flexibility index (Phi) is 7.21. The summed E-state index contributed by atoms with van der Waals surface area (Å²) in [5.41, 5.74) is 3.19. The summed E-state index contributed by atoms with van der Waals surface area (Å²) < 4.78 is 5.99. The highest BCUT2D eigenvalue weighted by molar-refractivity contribution is 5.77. The lowest BCUT2D eigenvalue weighted by atomic mass is 10.0. The van der Waals surface area contributed by atoms with Gasteiger partial charge < -0.3 is 15.0 Å². The van der Waals surface area contributed by atoms with Gasteiger partial charge in [0.25, 0.3) is 0 Å². The molecule has 144 valence electrons. The van der Waals surface area contributed by atoms with Crippen LogP contribution < -0.4 is 10.2 Å². The van der Waals surface area contributed by atoms with Gasteiger partial charge in [0.1, 0.15) is 12.7 Å². The van der Waals surface area contributed by atoms with Crippen LogP contribution in [0.1, 0.15) is 17.2 Å². The Bertz CT molecular complexity index is 799. The van der Waals surface area contributed by atoms with E-state index >= 15 is 0 Å². The molecule has 0 saturated heterocycles. The predicted octanol–water partition coefficient (Wildman–Crippen LogP) is 4.05. The molecule has 4 nitrogen and oxygen atoms in total. The van der Waals surface area contributed by atoms with Crippen molar-refractivity contribution in [3.63, 3.8) is 0 Å². The number of ether oxygens (including phenoxy) is 1.